The van der Waals surface area contributed by atoms with E-state index in [-0.39, 0.29) is 11.9 Å². The fourth-order valence-electron chi connectivity index (χ4n) is 1.74. The molecule has 4 nitrogen and oxygen atoms in total. The molecule has 1 rings (SSSR count). The molecular weight excluding hydrogens is 226 g/mol. The fraction of sp³-hybridized carbons (Fsp3) is 0.500. The number of benzene rings is 1. The second-order valence-corrected chi connectivity index (χ2v) is 4.40. The fourth-order valence-corrected chi connectivity index (χ4v) is 1.74. The topological polar surface area (TPSA) is 81.1 Å². The highest BCUT2D eigenvalue weighted by Crippen LogP contribution is 2.14. The van der Waals surface area contributed by atoms with Gasteiger partial charge in [0.1, 0.15) is 0 Å². The van der Waals surface area contributed by atoms with E-state index in [9.17, 15) is 4.79 Å². The van der Waals surface area contributed by atoms with Crippen molar-refractivity contribution in [3.05, 3.63) is 35.9 Å². The quantitative estimate of drug-likeness (QED) is 0.608. The molecule has 0 aliphatic rings. The van der Waals surface area contributed by atoms with Crippen LogP contribution in [0.15, 0.2) is 30.3 Å². The Morgan fingerprint density at radius 3 is 2.61 bits per heavy atom. The average molecular weight is 249 g/mol. The molecule has 0 bridgehead atoms. The van der Waals surface area contributed by atoms with Crippen LogP contribution in [0.25, 0.3) is 0 Å². The Kier molecular flexibility index (Phi) is 7.06. The summed E-state index contributed by atoms with van der Waals surface area (Å²) in [6.45, 7) is 1.38. The van der Waals surface area contributed by atoms with Crippen molar-refractivity contribution in [2.75, 3.05) is 13.1 Å². The van der Waals surface area contributed by atoms with E-state index in [1.807, 2.05) is 30.3 Å². The third-order valence-electron chi connectivity index (χ3n) is 2.86. The third-order valence-corrected chi connectivity index (χ3v) is 2.86. The molecule has 0 radical (unpaired) electrons. The van der Waals surface area contributed by atoms with Gasteiger partial charge < -0.3 is 16.8 Å². The zero-order valence-corrected chi connectivity index (χ0v) is 10.8. The first kappa shape index (κ1) is 14.7. The number of nitrogens with two attached hydrogens (primary N) is 2. The molecular formula is C14H23N3O. The standard InChI is InChI=1S/C14H23N3O/c15-10-4-5-11-17-14(18)9-8-13(16)12-6-2-1-3-7-12/h1-3,6-7,13H,4-5,8-11,15-16H2,(H,17,18). The SMILES string of the molecule is NCCCCNC(=O)CCC(N)c1ccccc1. The van der Waals surface area contributed by atoms with Crippen molar-refractivity contribution in [2.45, 2.75) is 31.7 Å². The molecule has 1 atom stereocenters. The van der Waals surface area contributed by atoms with Gasteiger partial charge in [0.25, 0.3) is 0 Å². The summed E-state index contributed by atoms with van der Waals surface area (Å²) in [6.07, 6.45) is 3.03. The Bertz CT molecular complexity index is 340. The van der Waals surface area contributed by atoms with E-state index in [2.05, 4.69) is 5.32 Å². The van der Waals surface area contributed by atoms with Crippen molar-refractivity contribution >= 4 is 5.91 Å². The van der Waals surface area contributed by atoms with E-state index < -0.39 is 0 Å². The molecule has 0 aliphatic heterocycles. The van der Waals surface area contributed by atoms with Crippen LogP contribution < -0.4 is 16.8 Å². The van der Waals surface area contributed by atoms with Crippen LogP contribution in [0.5, 0.6) is 0 Å². The van der Waals surface area contributed by atoms with E-state index in [1.165, 1.54) is 0 Å². The maximum atomic E-state index is 11.5. The van der Waals surface area contributed by atoms with Gasteiger partial charge in [-0.25, -0.2) is 0 Å². The van der Waals surface area contributed by atoms with Crippen molar-refractivity contribution in [2.24, 2.45) is 11.5 Å². The summed E-state index contributed by atoms with van der Waals surface area (Å²) in [4.78, 5) is 11.5. The summed E-state index contributed by atoms with van der Waals surface area (Å²) in [5.41, 5.74) is 12.5. The van der Waals surface area contributed by atoms with Crippen molar-refractivity contribution in [3.8, 4) is 0 Å². The number of amides is 1. The van der Waals surface area contributed by atoms with E-state index in [0.717, 1.165) is 18.4 Å². The predicted molar refractivity (Wildman–Crippen MR) is 73.9 cm³/mol. The van der Waals surface area contributed by atoms with Gasteiger partial charge in [-0.3, -0.25) is 4.79 Å². The Balaban J connectivity index is 2.18. The van der Waals surface area contributed by atoms with Gasteiger partial charge in [0.2, 0.25) is 5.91 Å². The van der Waals surface area contributed by atoms with Crippen LogP contribution in [0, 0.1) is 0 Å². The molecule has 0 aromatic heterocycles. The summed E-state index contributed by atoms with van der Waals surface area (Å²) in [6, 6.07) is 9.79. The predicted octanol–water partition coefficient (Wildman–Crippen LogP) is 1.32. The highest BCUT2D eigenvalue weighted by atomic mass is 16.1. The van der Waals surface area contributed by atoms with Crippen LogP contribution in [-0.2, 0) is 4.79 Å². The average Bonchev–Trinajstić information content (AvgIpc) is 2.42. The first-order chi connectivity index (χ1) is 8.74. The minimum absolute atomic E-state index is 0.0680. The molecule has 1 aromatic carbocycles. The first-order valence-electron chi connectivity index (χ1n) is 6.51. The van der Waals surface area contributed by atoms with Gasteiger partial charge in [-0.15, -0.1) is 0 Å². The Morgan fingerprint density at radius 1 is 1.22 bits per heavy atom. The highest BCUT2D eigenvalue weighted by molar-refractivity contribution is 5.75. The van der Waals surface area contributed by atoms with Gasteiger partial charge in [-0.1, -0.05) is 30.3 Å². The van der Waals surface area contributed by atoms with Crippen LogP contribution >= 0.6 is 0 Å². The Morgan fingerprint density at radius 2 is 1.94 bits per heavy atom. The lowest BCUT2D eigenvalue weighted by Gasteiger charge is -2.11. The maximum Gasteiger partial charge on any atom is 0.220 e. The number of carbonyl (C=O) groups excluding carboxylic acids is 1. The van der Waals surface area contributed by atoms with Gasteiger partial charge >= 0.3 is 0 Å². The third kappa shape index (κ3) is 5.80. The molecule has 18 heavy (non-hydrogen) atoms. The second kappa shape index (κ2) is 8.66. The molecule has 1 aromatic rings. The summed E-state index contributed by atoms with van der Waals surface area (Å²) >= 11 is 0. The van der Waals surface area contributed by atoms with Crippen molar-refractivity contribution in [1.82, 2.24) is 5.32 Å². The normalized spacial score (nSPS) is 12.1. The van der Waals surface area contributed by atoms with Crippen LogP contribution in [0.3, 0.4) is 0 Å². The molecule has 0 heterocycles. The van der Waals surface area contributed by atoms with Gasteiger partial charge in [0.15, 0.2) is 0 Å². The lowest BCUT2D eigenvalue weighted by atomic mass is 10.0. The number of hydrogen-bond donors (Lipinski definition) is 3. The van der Waals surface area contributed by atoms with E-state index in [1.54, 1.807) is 0 Å². The smallest absolute Gasteiger partial charge is 0.220 e. The van der Waals surface area contributed by atoms with Gasteiger partial charge in [-0.2, -0.15) is 0 Å². The minimum Gasteiger partial charge on any atom is -0.356 e. The molecule has 0 aliphatic carbocycles. The number of rotatable bonds is 8. The second-order valence-electron chi connectivity index (χ2n) is 4.40. The highest BCUT2D eigenvalue weighted by Gasteiger charge is 2.08. The minimum atomic E-state index is -0.0685. The molecule has 4 heteroatoms. The summed E-state index contributed by atoms with van der Waals surface area (Å²) < 4.78 is 0. The van der Waals surface area contributed by atoms with Crippen molar-refractivity contribution in [3.63, 3.8) is 0 Å². The van der Waals surface area contributed by atoms with Crippen molar-refractivity contribution in [1.29, 1.82) is 0 Å². The van der Waals surface area contributed by atoms with Gasteiger partial charge in [0, 0.05) is 19.0 Å². The Labute approximate surface area is 109 Å². The lowest BCUT2D eigenvalue weighted by molar-refractivity contribution is -0.121. The number of nitrogens with one attached hydrogen (secondary N) is 1. The number of carbonyl (C=O) groups is 1. The van der Waals surface area contributed by atoms with Crippen LogP contribution in [0.4, 0.5) is 0 Å². The molecule has 1 amide bonds. The summed E-state index contributed by atoms with van der Waals surface area (Å²) in [5, 5.41) is 2.87. The molecule has 100 valence electrons. The molecule has 0 saturated carbocycles. The molecule has 0 fully saturated rings. The Hall–Kier alpha value is -1.39. The summed E-state index contributed by atoms with van der Waals surface area (Å²) in [5.74, 6) is 0.0680. The largest absolute Gasteiger partial charge is 0.356 e. The van der Waals surface area contributed by atoms with Crippen molar-refractivity contribution < 1.29 is 4.79 Å². The first-order valence-corrected chi connectivity index (χ1v) is 6.51. The summed E-state index contributed by atoms with van der Waals surface area (Å²) in [7, 11) is 0. The number of hydrogen-bond acceptors (Lipinski definition) is 3. The van der Waals surface area contributed by atoms with Crippen LogP contribution in [-0.4, -0.2) is 19.0 Å². The van der Waals surface area contributed by atoms with Gasteiger partial charge in [-0.05, 0) is 31.4 Å². The lowest BCUT2D eigenvalue weighted by Crippen LogP contribution is -2.25. The molecule has 1 unspecified atom stereocenters. The van der Waals surface area contributed by atoms with E-state index >= 15 is 0 Å². The number of unbranched alkanes of at least 4 members (excludes halogenated alkanes) is 1. The zero-order valence-electron chi connectivity index (χ0n) is 10.8. The van der Waals surface area contributed by atoms with Gasteiger partial charge in [0.05, 0.1) is 0 Å². The maximum absolute atomic E-state index is 11.5. The molecule has 0 saturated heterocycles. The zero-order chi connectivity index (χ0) is 13.2. The van der Waals surface area contributed by atoms with E-state index in [4.69, 9.17) is 11.5 Å². The van der Waals surface area contributed by atoms with Crippen LogP contribution in [0.2, 0.25) is 0 Å². The monoisotopic (exact) mass is 249 g/mol. The van der Waals surface area contributed by atoms with Crippen LogP contribution in [0.1, 0.15) is 37.3 Å². The molecule has 5 N–H and O–H groups in total. The molecule has 0 spiro atoms. The van der Waals surface area contributed by atoms with E-state index in [0.29, 0.717) is 25.9 Å².